The van der Waals surface area contributed by atoms with Crippen LogP contribution in [0.4, 0.5) is 5.69 Å². The van der Waals surface area contributed by atoms with E-state index in [-0.39, 0.29) is 11.6 Å². The summed E-state index contributed by atoms with van der Waals surface area (Å²) >= 11 is 0. The van der Waals surface area contributed by atoms with Crippen molar-refractivity contribution < 1.29 is 9.72 Å². The normalized spacial score (nSPS) is 10.5. The van der Waals surface area contributed by atoms with Gasteiger partial charge in [0.1, 0.15) is 0 Å². The highest BCUT2D eigenvalue weighted by molar-refractivity contribution is 5.96. The zero-order chi connectivity index (χ0) is 16.3. The van der Waals surface area contributed by atoms with Crippen LogP contribution in [-0.4, -0.2) is 32.6 Å². The number of nitro groups is 1. The second-order valence-electron chi connectivity index (χ2n) is 5.01. The molecule has 0 fully saturated rings. The molecule has 0 radical (unpaired) electrons. The molecule has 7 nitrogen and oxygen atoms in total. The predicted molar refractivity (Wildman–Crippen MR) is 81.5 cm³/mol. The number of carbonyl (C=O) groups is 1. The van der Waals surface area contributed by atoms with Crippen LogP contribution >= 0.6 is 0 Å². The van der Waals surface area contributed by atoms with E-state index in [1.54, 1.807) is 26.2 Å². The van der Waals surface area contributed by atoms with E-state index in [9.17, 15) is 14.9 Å². The molecule has 0 aliphatic carbocycles. The molecule has 2 rings (SSSR count). The summed E-state index contributed by atoms with van der Waals surface area (Å²) in [4.78, 5) is 24.6. The predicted octanol–water partition coefficient (Wildman–Crippen LogP) is 2.39. The Morgan fingerprint density at radius 3 is 2.77 bits per heavy atom. The molecular weight excluding hydrogens is 284 g/mol. The lowest BCUT2D eigenvalue weighted by Crippen LogP contribution is -2.28. The van der Waals surface area contributed by atoms with E-state index in [2.05, 4.69) is 5.10 Å². The molecule has 0 aliphatic rings. The highest BCUT2D eigenvalue weighted by atomic mass is 16.6. The molecule has 2 aromatic rings. The van der Waals surface area contributed by atoms with Gasteiger partial charge in [0.05, 0.1) is 17.2 Å². The maximum Gasteiger partial charge on any atom is 0.273 e. The molecule has 0 atom stereocenters. The van der Waals surface area contributed by atoms with Crippen LogP contribution in [0.3, 0.4) is 0 Å². The van der Waals surface area contributed by atoms with Crippen LogP contribution in [0.25, 0.3) is 0 Å². The van der Waals surface area contributed by atoms with Gasteiger partial charge in [-0.05, 0) is 26.0 Å². The smallest absolute Gasteiger partial charge is 0.273 e. The number of hydrogen-bond donors (Lipinski definition) is 0. The third-order valence-electron chi connectivity index (χ3n) is 3.58. The van der Waals surface area contributed by atoms with Gasteiger partial charge in [0.25, 0.3) is 11.6 Å². The van der Waals surface area contributed by atoms with Crippen molar-refractivity contribution in [2.75, 3.05) is 7.05 Å². The first-order chi connectivity index (χ1) is 10.5. The van der Waals surface area contributed by atoms with E-state index in [4.69, 9.17) is 0 Å². The molecule has 116 valence electrons. The Bertz CT molecular complexity index is 709. The molecule has 0 N–H and O–H groups in total. The fourth-order valence-electron chi connectivity index (χ4n) is 2.35. The van der Waals surface area contributed by atoms with Crippen LogP contribution in [0, 0.1) is 17.0 Å². The van der Waals surface area contributed by atoms with Crippen molar-refractivity contribution in [1.82, 2.24) is 14.7 Å². The number of rotatable bonds is 5. The standard InChI is InChI=1S/C15H18N4O3/c1-4-18-12(8-9-16-18)10-17(3)15(20)13-6-5-7-14(11(13)2)19(21)22/h5-9H,4,10H2,1-3H3. The van der Waals surface area contributed by atoms with Gasteiger partial charge in [-0.1, -0.05) is 6.07 Å². The van der Waals surface area contributed by atoms with E-state index in [1.165, 1.54) is 17.0 Å². The van der Waals surface area contributed by atoms with Gasteiger partial charge in [-0.2, -0.15) is 5.10 Å². The van der Waals surface area contributed by atoms with Gasteiger partial charge in [0.2, 0.25) is 0 Å². The minimum atomic E-state index is -0.474. The zero-order valence-electron chi connectivity index (χ0n) is 12.8. The van der Waals surface area contributed by atoms with E-state index < -0.39 is 4.92 Å². The summed E-state index contributed by atoms with van der Waals surface area (Å²) in [5.74, 6) is -0.245. The highest BCUT2D eigenvalue weighted by Gasteiger charge is 2.21. The number of aromatic nitrogens is 2. The van der Waals surface area contributed by atoms with Gasteiger partial charge in [-0.15, -0.1) is 0 Å². The number of nitro benzene ring substituents is 1. The maximum atomic E-state index is 12.5. The molecule has 22 heavy (non-hydrogen) atoms. The molecule has 1 heterocycles. The van der Waals surface area contributed by atoms with Gasteiger partial charge in [-0.3, -0.25) is 19.6 Å². The first kappa shape index (κ1) is 15.7. The van der Waals surface area contributed by atoms with Crippen molar-refractivity contribution in [3.8, 4) is 0 Å². The third kappa shape index (κ3) is 2.98. The summed E-state index contributed by atoms with van der Waals surface area (Å²) in [7, 11) is 1.67. The number of amides is 1. The summed E-state index contributed by atoms with van der Waals surface area (Å²) in [5, 5.41) is 15.1. The van der Waals surface area contributed by atoms with Crippen LogP contribution in [0.1, 0.15) is 28.5 Å². The Hall–Kier alpha value is -2.70. The molecule has 1 amide bonds. The SMILES string of the molecule is CCn1nccc1CN(C)C(=O)c1cccc([N+](=O)[O-])c1C. The minimum absolute atomic E-state index is 0.0437. The van der Waals surface area contributed by atoms with Crippen molar-refractivity contribution in [2.45, 2.75) is 26.9 Å². The highest BCUT2D eigenvalue weighted by Crippen LogP contribution is 2.22. The molecule has 0 saturated carbocycles. The summed E-state index contributed by atoms with van der Waals surface area (Å²) < 4.78 is 1.81. The maximum absolute atomic E-state index is 12.5. The van der Waals surface area contributed by atoms with Crippen molar-refractivity contribution >= 4 is 11.6 Å². The molecule has 0 bridgehead atoms. The first-order valence-corrected chi connectivity index (χ1v) is 6.95. The van der Waals surface area contributed by atoms with Gasteiger partial charge in [0.15, 0.2) is 0 Å². The van der Waals surface area contributed by atoms with Crippen molar-refractivity contribution in [3.63, 3.8) is 0 Å². The van der Waals surface area contributed by atoms with Crippen LogP contribution in [0.2, 0.25) is 0 Å². The summed E-state index contributed by atoms with van der Waals surface area (Å²) in [6.45, 7) is 4.69. The largest absolute Gasteiger partial charge is 0.336 e. The monoisotopic (exact) mass is 302 g/mol. The summed E-state index contributed by atoms with van der Waals surface area (Å²) in [6, 6.07) is 6.40. The number of hydrogen-bond acceptors (Lipinski definition) is 4. The average Bonchev–Trinajstić information content (AvgIpc) is 2.93. The van der Waals surface area contributed by atoms with Crippen LogP contribution in [-0.2, 0) is 13.1 Å². The second-order valence-corrected chi connectivity index (χ2v) is 5.01. The molecule has 1 aromatic heterocycles. The molecular formula is C15H18N4O3. The fraction of sp³-hybridized carbons (Fsp3) is 0.333. The zero-order valence-corrected chi connectivity index (χ0v) is 12.8. The van der Waals surface area contributed by atoms with E-state index in [0.29, 0.717) is 17.7 Å². The Kier molecular flexibility index (Phi) is 4.55. The Morgan fingerprint density at radius 2 is 2.14 bits per heavy atom. The lowest BCUT2D eigenvalue weighted by molar-refractivity contribution is -0.385. The third-order valence-corrected chi connectivity index (χ3v) is 3.58. The van der Waals surface area contributed by atoms with Crippen LogP contribution in [0.15, 0.2) is 30.5 Å². The lowest BCUT2D eigenvalue weighted by Gasteiger charge is -2.18. The van der Waals surface area contributed by atoms with Crippen molar-refractivity contribution in [2.24, 2.45) is 0 Å². The van der Waals surface area contributed by atoms with E-state index in [1.807, 2.05) is 17.7 Å². The van der Waals surface area contributed by atoms with E-state index >= 15 is 0 Å². The number of carbonyl (C=O) groups excluding carboxylic acids is 1. The lowest BCUT2D eigenvalue weighted by atomic mass is 10.1. The topological polar surface area (TPSA) is 81.3 Å². The first-order valence-electron chi connectivity index (χ1n) is 6.95. The Labute approximate surface area is 128 Å². The molecule has 7 heteroatoms. The van der Waals surface area contributed by atoms with Crippen LogP contribution in [0.5, 0.6) is 0 Å². The molecule has 0 aliphatic heterocycles. The quantitative estimate of drug-likeness (QED) is 0.627. The van der Waals surface area contributed by atoms with Crippen molar-refractivity contribution in [3.05, 3.63) is 57.4 Å². The molecule has 0 spiro atoms. The molecule has 0 saturated heterocycles. The van der Waals surface area contributed by atoms with Crippen LogP contribution < -0.4 is 0 Å². The number of nitrogens with zero attached hydrogens (tertiary/aromatic N) is 4. The average molecular weight is 302 g/mol. The Balaban J connectivity index is 2.24. The van der Waals surface area contributed by atoms with Gasteiger partial charge >= 0.3 is 0 Å². The molecule has 1 aromatic carbocycles. The van der Waals surface area contributed by atoms with Gasteiger partial charge in [-0.25, -0.2) is 0 Å². The number of aryl methyl sites for hydroxylation is 1. The van der Waals surface area contributed by atoms with E-state index in [0.717, 1.165) is 12.2 Å². The summed E-state index contributed by atoms with van der Waals surface area (Å²) in [6.07, 6.45) is 1.69. The minimum Gasteiger partial charge on any atom is -0.336 e. The van der Waals surface area contributed by atoms with Crippen molar-refractivity contribution in [1.29, 1.82) is 0 Å². The number of benzene rings is 1. The van der Waals surface area contributed by atoms with Gasteiger partial charge in [0, 0.05) is 37.0 Å². The Morgan fingerprint density at radius 1 is 1.41 bits per heavy atom. The summed E-state index contributed by atoms with van der Waals surface area (Å²) in [5.41, 5.74) is 1.60. The van der Waals surface area contributed by atoms with Gasteiger partial charge < -0.3 is 4.90 Å². The fourth-order valence-corrected chi connectivity index (χ4v) is 2.35. The second kappa shape index (κ2) is 6.38. The molecule has 0 unspecified atom stereocenters.